The van der Waals surface area contributed by atoms with Gasteiger partial charge in [0.25, 0.3) is 11.5 Å². The van der Waals surface area contributed by atoms with Gasteiger partial charge in [-0.2, -0.15) is 20.7 Å². The Balaban J connectivity index is 0.000000138. The number of ketones is 3. The van der Waals surface area contributed by atoms with Crippen molar-refractivity contribution in [2.45, 2.75) is 155 Å². The first kappa shape index (κ1) is 106. The monoisotopic (exact) mass is 2060 g/mol. The molecule has 8 aromatic carbocycles. The van der Waals surface area contributed by atoms with Crippen LogP contribution < -0.4 is 26.1 Å². The number of phenols is 1. The number of aromatic hydroxyl groups is 2. The summed E-state index contributed by atoms with van der Waals surface area (Å²) >= 11 is 13.6. The first-order chi connectivity index (χ1) is 69.3. The van der Waals surface area contributed by atoms with Crippen LogP contribution in [0.4, 0.5) is 13.9 Å². The number of aromatic amines is 1. The Kier molecular flexibility index (Phi) is 35.7. The first-order valence-electron chi connectivity index (χ1n) is 46.1. The van der Waals surface area contributed by atoms with Gasteiger partial charge in [0.15, 0.2) is 27.0 Å². The number of carbonyl (C=O) groups excluding carboxylic acids is 6. The lowest BCUT2D eigenvalue weighted by Gasteiger charge is -2.34. The van der Waals surface area contributed by atoms with E-state index >= 15 is 0 Å². The van der Waals surface area contributed by atoms with Crippen molar-refractivity contribution >= 4 is 155 Å². The van der Waals surface area contributed by atoms with Crippen LogP contribution in [0.15, 0.2) is 235 Å². The molecule has 5 aliphatic rings. The van der Waals surface area contributed by atoms with Gasteiger partial charge in [-0.3, -0.25) is 48.6 Å². The van der Waals surface area contributed by atoms with Gasteiger partial charge >= 0.3 is 5.63 Å². The molecule has 2 fully saturated rings. The summed E-state index contributed by atoms with van der Waals surface area (Å²) < 4.78 is 42.0. The zero-order valence-corrected chi connectivity index (χ0v) is 85.9. The largest absolute Gasteiger partial charge is 0.508 e. The summed E-state index contributed by atoms with van der Waals surface area (Å²) in [4.78, 5) is 112. The SMILES string of the molecule is CC(=O)N1N=C2c3cc(C)ccc3CCC2C1c1ccc(C)cc1.COc1ccc(-n2c(SCC#N)nc3sc4c(c3c2=O)CCCC4)cc1.Cc1cc(O)c(C(=O)/C=C/c2ccc(O)c(C)c2)c(=O)o1.Cc1ccccc1CC(=O)CSC1NC(=O)CC(c2ccc(C(C)C)cc2)C1C#N.Cc1nnsc1C(=O)CCc1c(F)cccc1Cl.N=C1S/C(=C\c2cn[nH]c2-c2ccc(F)cc2)C(=O)N1c1nccs1. The Morgan fingerprint density at radius 3 is 2.22 bits per heavy atom. The van der Waals surface area contributed by atoms with Crippen molar-refractivity contribution in [1.82, 2.24) is 44.6 Å². The minimum atomic E-state index is -0.871. The second-order valence-corrected chi connectivity index (χ2v) is 41.1. The Hall–Kier alpha value is -14.2. The number of Topliss-reactive ketones (excluding diaryl/α,β-unsaturated/α-hetero) is 2. The van der Waals surface area contributed by atoms with Crippen LogP contribution in [0.25, 0.3) is 39.3 Å². The fraction of sp³-hybridized carbons (Fsp3) is 0.257. The van der Waals surface area contributed by atoms with E-state index in [1.54, 1.807) is 109 Å². The average Bonchev–Trinajstić information content (AvgIpc) is 1.61. The number of hydrogen-bond donors (Lipinski definition) is 5. The molecule has 0 saturated carbocycles. The summed E-state index contributed by atoms with van der Waals surface area (Å²) in [5.41, 5.74) is 16.8. The maximum absolute atomic E-state index is 13.5. The fourth-order valence-corrected chi connectivity index (χ4v) is 22.6. The van der Waals surface area contributed by atoms with Crippen LogP contribution in [-0.2, 0) is 51.3 Å². The van der Waals surface area contributed by atoms with Crippen molar-refractivity contribution in [1.29, 1.82) is 15.9 Å². The van der Waals surface area contributed by atoms with Crippen LogP contribution in [0.1, 0.15) is 185 Å². The summed E-state index contributed by atoms with van der Waals surface area (Å²) in [5, 5.41) is 69.6. The number of methoxy groups -OCH3 is 1. The maximum atomic E-state index is 13.5. The highest BCUT2D eigenvalue weighted by molar-refractivity contribution is 8.19. The highest BCUT2D eigenvalue weighted by atomic mass is 35.5. The normalized spacial score (nSPS) is 16.2. The number of H-pyrrole nitrogens is 1. The predicted octanol–water partition coefficient (Wildman–Crippen LogP) is 22.6. The number of thiazole rings is 1. The van der Waals surface area contributed by atoms with Crippen LogP contribution in [-0.4, -0.2) is 119 Å². The van der Waals surface area contributed by atoms with Gasteiger partial charge in [0.1, 0.15) is 55.7 Å². The number of allylic oxidation sites excluding steroid dienone is 1. The van der Waals surface area contributed by atoms with E-state index in [2.05, 4.69) is 125 Å². The van der Waals surface area contributed by atoms with Crippen LogP contribution in [0.2, 0.25) is 5.02 Å². The minimum Gasteiger partial charge on any atom is -0.508 e. The van der Waals surface area contributed by atoms with Gasteiger partial charge in [0.05, 0.1) is 87.4 Å². The predicted molar refractivity (Wildman–Crippen MR) is 565 cm³/mol. The molecule has 5 unspecified atom stereocenters. The molecular formula is C109H101ClF2N14O12S6. The lowest BCUT2D eigenvalue weighted by Crippen LogP contribution is -2.46. The maximum Gasteiger partial charge on any atom is 0.351 e. The Labute approximate surface area is 860 Å². The third kappa shape index (κ3) is 25.7. The number of phenolic OH excluding ortho intramolecular Hbond substituents is 1. The lowest BCUT2D eigenvalue weighted by atomic mass is 9.77. The van der Waals surface area contributed by atoms with Gasteiger partial charge in [0.2, 0.25) is 11.8 Å². The van der Waals surface area contributed by atoms with Gasteiger partial charge in [0, 0.05) is 87.8 Å². The van der Waals surface area contributed by atoms with Gasteiger partial charge in [-0.25, -0.2) is 33.5 Å². The number of amides is 3. The molecule has 736 valence electrons. The molecule has 3 amide bonds. The molecule has 14 aromatic rings. The molecule has 0 spiro atoms. The molecule has 19 rings (SSSR count). The smallest absolute Gasteiger partial charge is 0.351 e. The number of carbonyl (C=O) groups is 6. The molecule has 0 bridgehead atoms. The second-order valence-electron chi connectivity index (χ2n) is 34.8. The van der Waals surface area contributed by atoms with E-state index in [9.17, 15) is 62.6 Å². The van der Waals surface area contributed by atoms with Crippen molar-refractivity contribution in [2.75, 3.05) is 23.5 Å². The molecule has 0 radical (unpaired) electrons. The van der Waals surface area contributed by atoms with Crippen molar-refractivity contribution in [2.24, 2.45) is 16.9 Å². The number of aromatic nitrogens is 7. The summed E-state index contributed by atoms with van der Waals surface area (Å²) in [6.45, 7) is 17.1. The van der Waals surface area contributed by atoms with E-state index in [1.807, 2.05) is 67.6 Å². The Bertz CT molecular complexity index is 7430. The molecule has 9 heterocycles. The Morgan fingerprint density at radius 1 is 0.812 bits per heavy atom. The number of aryl methyl sites for hydroxylation is 9. The molecule has 6 aromatic heterocycles. The number of hydrazone groups is 1. The van der Waals surface area contributed by atoms with E-state index in [4.69, 9.17) is 41.5 Å². The number of fused-ring (bicyclic) bond motifs is 6. The number of anilines is 1. The number of thioether (sulfide) groups is 3. The summed E-state index contributed by atoms with van der Waals surface area (Å²) in [6.07, 6.45) is 15.0. The minimum absolute atomic E-state index is 0.0108. The van der Waals surface area contributed by atoms with Crippen molar-refractivity contribution < 1.29 is 56.9 Å². The highest BCUT2D eigenvalue weighted by Gasteiger charge is 2.44. The molecular weight excluding hydrogens is 1960 g/mol. The fourth-order valence-electron chi connectivity index (χ4n) is 17.0. The number of rotatable bonds is 22. The summed E-state index contributed by atoms with van der Waals surface area (Å²) in [6, 6.07) is 59.6. The molecule has 5 N–H and O–H groups in total. The van der Waals surface area contributed by atoms with Gasteiger partial charge < -0.3 is 24.7 Å². The van der Waals surface area contributed by atoms with Crippen molar-refractivity contribution in [3.8, 4) is 46.3 Å². The van der Waals surface area contributed by atoms with Gasteiger partial charge in [-0.1, -0.05) is 156 Å². The van der Waals surface area contributed by atoms with E-state index in [0.29, 0.717) is 77.5 Å². The zero-order valence-electron chi connectivity index (χ0n) is 80.2. The quantitative estimate of drug-likeness (QED) is 0.0182. The molecule has 144 heavy (non-hydrogen) atoms. The van der Waals surface area contributed by atoms with Crippen molar-refractivity contribution in [3.63, 3.8) is 0 Å². The molecule has 35 heteroatoms. The van der Waals surface area contributed by atoms with E-state index in [1.165, 1.54) is 139 Å². The molecule has 5 atom stereocenters. The standard InChI is InChI=1S/C25H28N2O2S.C21H22N2O.C19H17N3O2S2.C16H10FN5OS2.C16H14O5.C12H10ClFN2OS/c1-16(2)18-8-10-19(11-9-18)22-13-24(29)27-25(23(22)14-26)30-15-21(28)12-20-7-5-4-6-17(20)3;1-13-4-8-17(9-5-13)21-18-11-10-16-7-6-14(2)12-19(16)20(18)22-23(21)15(3)24;1-24-13-8-6-12(7-9-13)22-18(23)16-14-4-2-3-5-15(14)26-17(16)21-19(22)25-11-10-20;17-11-3-1-9(2-4-11)13-10(8-20-21-13)7-12-14(23)22(15(18)25-12)16-19-5-6-24-16;1-9-7-11(3-5-12(9)17)4-6-13(18)15-14(19)8-10(2)21-16(15)20;1-7-12(18-16-15-7)11(17)6-5-8-9(13)3-2-4-10(8)14/h4-11,16,22-23,25H,12-13,15H2,1-3H3,(H,27,29);4-9,12,18,21H,10-11H2,1-3H3;6-9H,2-5,11H2,1H3;1-8,18H,(H,20,21);3-8,17,19H,1-2H3;2-4H,5-6H2,1H3/b;;;12-7-,18-15?;6-4+;. The summed E-state index contributed by atoms with van der Waals surface area (Å²) in [5.74, 6) is -0.250. The zero-order chi connectivity index (χ0) is 103. The number of nitriles is 2. The second kappa shape index (κ2) is 48.7. The number of benzene rings is 8. The topological polar surface area (TPSA) is 387 Å². The van der Waals surface area contributed by atoms with Crippen LogP contribution in [0.3, 0.4) is 0 Å². The van der Waals surface area contributed by atoms with E-state index in [-0.39, 0.29) is 117 Å². The average molecular weight is 2060 g/mol. The number of amidine groups is 1. The Morgan fingerprint density at radius 2 is 1.55 bits per heavy atom. The number of hydrogen-bond acceptors (Lipinski definition) is 27. The molecule has 2 saturated heterocycles. The molecule has 2 aliphatic carbocycles. The number of halogens is 3. The lowest BCUT2D eigenvalue weighted by molar-refractivity contribution is -0.131. The van der Waals surface area contributed by atoms with Gasteiger partial charge in [-0.05, 0) is 257 Å². The van der Waals surface area contributed by atoms with Crippen LogP contribution in [0, 0.1) is 93.1 Å². The number of ether oxygens (including phenoxy) is 1. The first-order valence-corrected chi connectivity index (χ1v) is 51.8. The molecule has 3 aliphatic heterocycles. The van der Waals surface area contributed by atoms with Crippen LogP contribution >= 0.6 is 81.1 Å². The van der Waals surface area contributed by atoms with Crippen LogP contribution in [0.5, 0.6) is 17.2 Å². The number of thiophene rings is 1. The number of nitrogens with zero attached hydrogens (tertiary/aromatic N) is 11. The number of piperidine rings is 1. The number of nitrogens with one attached hydrogen (secondary N) is 3. The van der Waals surface area contributed by atoms with Crippen molar-refractivity contribution in [3.05, 3.63) is 353 Å². The molecule has 26 nitrogen and oxygen atoms in total. The highest BCUT2D eigenvalue weighted by Crippen LogP contribution is 2.46. The van der Waals surface area contributed by atoms with E-state index < -0.39 is 22.7 Å². The van der Waals surface area contributed by atoms with Gasteiger partial charge in [-0.15, -0.1) is 39.5 Å². The summed E-state index contributed by atoms with van der Waals surface area (Å²) in [7, 11) is 1.61. The third-order valence-corrected chi connectivity index (χ3v) is 30.7. The van der Waals surface area contributed by atoms with E-state index in [0.717, 1.165) is 105 Å². The third-order valence-electron chi connectivity index (χ3n) is 24.5.